The van der Waals surface area contributed by atoms with Gasteiger partial charge in [0, 0.05) is 0 Å². The standard InChI is InChI=1S/C2H6NO4S/c3-2(1-4)8(5,6)7/h2H,1,3H2,(H,5,6,7). The van der Waals surface area contributed by atoms with E-state index < -0.39 is 22.1 Å². The second-order valence-corrected chi connectivity index (χ2v) is 2.86. The first-order chi connectivity index (χ1) is 3.48. The first-order valence-corrected chi connectivity index (χ1v) is 3.29. The van der Waals surface area contributed by atoms with E-state index in [1.54, 1.807) is 0 Å². The third-order valence-electron chi connectivity index (χ3n) is 0.547. The van der Waals surface area contributed by atoms with E-state index >= 15 is 0 Å². The Balaban J connectivity index is 4.04. The van der Waals surface area contributed by atoms with Gasteiger partial charge in [-0.25, -0.2) is 5.11 Å². The van der Waals surface area contributed by atoms with Crippen LogP contribution < -0.4 is 5.73 Å². The monoisotopic (exact) mass is 140 g/mol. The molecule has 0 saturated carbocycles. The van der Waals surface area contributed by atoms with Crippen LogP contribution in [0.25, 0.3) is 0 Å². The minimum Gasteiger partial charge on any atom is -0.311 e. The number of nitrogens with two attached hydrogens (primary N) is 1. The molecule has 1 unspecified atom stereocenters. The molecule has 0 fully saturated rings. The van der Waals surface area contributed by atoms with Crippen LogP contribution in [0.1, 0.15) is 0 Å². The summed E-state index contributed by atoms with van der Waals surface area (Å²) in [5, 5.41) is 7.93. The lowest BCUT2D eigenvalue weighted by atomic mass is 10.7. The van der Waals surface area contributed by atoms with Crippen LogP contribution >= 0.6 is 0 Å². The van der Waals surface area contributed by atoms with Crippen LogP contribution in [0, 0.1) is 0 Å². The van der Waals surface area contributed by atoms with Crippen molar-refractivity contribution in [3.63, 3.8) is 0 Å². The largest absolute Gasteiger partial charge is 0.311 e. The molecule has 1 radical (unpaired) electrons. The van der Waals surface area contributed by atoms with Gasteiger partial charge < -0.3 is 5.73 Å². The molecule has 0 bridgehead atoms. The Morgan fingerprint density at radius 2 is 2.00 bits per heavy atom. The van der Waals surface area contributed by atoms with Crippen LogP contribution in [0.3, 0.4) is 0 Å². The maximum absolute atomic E-state index is 9.79. The van der Waals surface area contributed by atoms with Gasteiger partial charge in [0.25, 0.3) is 10.1 Å². The highest BCUT2D eigenvalue weighted by Crippen LogP contribution is 1.86. The summed E-state index contributed by atoms with van der Waals surface area (Å²) < 4.78 is 27.5. The van der Waals surface area contributed by atoms with Gasteiger partial charge in [0.15, 0.2) is 5.37 Å². The molecule has 0 aliphatic carbocycles. The Hall–Kier alpha value is -0.170. The van der Waals surface area contributed by atoms with Crippen LogP contribution in [0.5, 0.6) is 0 Å². The van der Waals surface area contributed by atoms with Crippen molar-refractivity contribution in [2.75, 3.05) is 6.61 Å². The lowest BCUT2D eigenvalue weighted by molar-refractivity contribution is 0.189. The Bertz CT molecular complexity index is 149. The molecule has 0 aliphatic rings. The lowest BCUT2D eigenvalue weighted by Crippen LogP contribution is -2.32. The molecule has 0 aromatic heterocycles. The van der Waals surface area contributed by atoms with E-state index in [9.17, 15) is 13.5 Å². The minimum atomic E-state index is -4.29. The molecule has 0 rings (SSSR count). The fourth-order valence-corrected chi connectivity index (χ4v) is 0.258. The lowest BCUT2D eigenvalue weighted by Gasteiger charge is -1.98. The van der Waals surface area contributed by atoms with Gasteiger partial charge >= 0.3 is 0 Å². The Morgan fingerprint density at radius 3 is 2.00 bits per heavy atom. The Kier molecular flexibility index (Phi) is 2.35. The summed E-state index contributed by atoms with van der Waals surface area (Å²) in [7, 11) is -4.29. The van der Waals surface area contributed by atoms with E-state index in [2.05, 4.69) is 5.73 Å². The maximum Gasteiger partial charge on any atom is 0.283 e. The molecule has 6 heteroatoms. The van der Waals surface area contributed by atoms with E-state index in [0.717, 1.165) is 0 Å². The summed E-state index contributed by atoms with van der Waals surface area (Å²) in [6, 6.07) is 0. The van der Waals surface area contributed by atoms with Gasteiger partial charge in [-0.1, -0.05) is 0 Å². The van der Waals surface area contributed by atoms with Crippen LogP contribution in [0.15, 0.2) is 0 Å². The molecule has 0 heterocycles. The molecular formula is C2H6NO4S. The fourth-order valence-electron chi connectivity index (χ4n) is 0.0860. The summed E-state index contributed by atoms with van der Waals surface area (Å²) in [6.45, 7) is -1.02. The van der Waals surface area contributed by atoms with E-state index in [1.807, 2.05) is 0 Å². The quantitative estimate of drug-likeness (QED) is 0.460. The maximum atomic E-state index is 9.79. The molecule has 3 N–H and O–H groups in total. The average Bonchev–Trinajstić information content (AvgIpc) is 1.62. The van der Waals surface area contributed by atoms with E-state index in [1.165, 1.54) is 0 Å². The van der Waals surface area contributed by atoms with Crippen molar-refractivity contribution >= 4 is 10.1 Å². The highest BCUT2D eigenvalue weighted by Gasteiger charge is 2.15. The van der Waals surface area contributed by atoms with Crippen molar-refractivity contribution in [2.45, 2.75) is 5.37 Å². The third-order valence-corrected chi connectivity index (χ3v) is 1.45. The number of hydrogen-bond donors (Lipinski definition) is 2. The van der Waals surface area contributed by atoms with Crippen molar-refractivity contribution < 1.29 is 18.1 Å². The molecule has 1 atom stereocenters. The Labute approximate surface area is 46.9 Å². The normalized spacial score (nSPS) is 15.9. The molecule has 0 aliphatic heterocycles. The minimum absolute atomic E-state index is 1.02. The summed E-state index contributed by atoms with van der Waals surface area (Å²) >= 11 is 0. The van der Waals surface area contributed by atoms with Crippen molar-refractivity contribution in [3.8, 4) is 0 Å². The summed E-state index contributed by atoms with van der Waals surface area (Å²) in [6.07, 6.45) is 0. The molecule has 8 heavy (non-hydrogen) atoms. The third kappa shape index (κ3) is 2.22. The van der Waals surface area contributed by atoms with Gasteiger partial charge in [-0.05, 0) is 0 Å². The van der Waals surface area contributed by atoms with Gasteiger partial charge in [0.05, 0.1) is 0 Å². The van der Waals surface area contributed by atoms with Crippen LogP contribution in [0.4, 0.5) is 0 Å². The first kappa shape index (κ1) is 7.83. The molecule has 0 aromatic carbocycles. The molecule has 49 valence electrons. The number of rotatable bonds is 2. The topological polar surface area (TPSA) is 100 Å². The Morgan fingerprint density at radius 1 is 1.62 bits per heavy atom. The highest BCUT2D eigenvalue weighted by atomic mass is 32.2. The van der Waals surface area contributed by atoms with Crippen LogP contribution in [-0.4, -0.2) is 25.0 Å². The second-order valence-electron chi connectivity index (χ2n) is 1.22. The van der Waals surface area contributed by atoms with E-state index in [0.29, 0.717) is 0 Å². The predicted octanol–water partition coefficient (Wildman–Crippen LogP) is -1.41. The second kappa shape index (κ2) is 2.40. The van der Waals surface area contributed by atoms with Gasteiger partial charge in [-0.3, -0.25) is 4.55 Å². The number of hydrogen-bond acceptors (Lipinski definition) is 3. The zero-order valence-corrected chi connectivity index (χ0v) is 4.76. The molecule has 5 nitrogen and oxygen atoms in total. The highest BCUT2D eigenvalue weighted by molar-refractivity contribution is 7.86. The predicted molar refractivity (Wildman–Crippen MR) is 25.1 cm³/mol. The zero-order chi connectivity index (χ0) is 6.78. The van der Waals surface area contributed by atoms with Crippen molar-refractivity contribution in [3.05, 3.63) is 0 Å². The smallest absolute Gasteiger partial charge is 0.283 e. The van der Waals surface area contributed by atoms with Gasteiger partial charge in [-0.2, -0.15) is 8.42 Å². The van der Waals surface area contributed by atoms with Crippen LogP contribution in [-0.2, 0) is 15.2 Å². The SMILES string of the molecule is NC(C[O])S(=O)(=O)O. The van der Waals surface area contributed by atoms with Crippen molar-refractivity contribution in [1.82, 2.24) is 0 Å². The fraction of sp³-hybridized carbons (Fsp3) is 1.00. The van der Waals surface area contributed by atoms with Crippen molar-refractivity contribution in [2.24, 2.45) is 5.73 Å². The molecule has 0 saturated heterocycles. The molecular weight excluding hydrogens is 134 g/mol. The zero-order valence-electron chi connectivity index (χ0n) is 3.94. The van der Waals surface area contributed by atoms with Crippen LogP contribution in [0.2, 0.25) is 0 Å². The van der Waals surface area contributed by atoms with E-state index in [4.69, 9.17) is 4.55 Å². The first-order valence-electron chi connectivity index (χ1n) is 1.78. The van der Waals surface area contributed by atoms with Gasteiger partial charge in [0.1, 0.15) is 6.61 Å². The van der Waals surface area contributed by atoms with Crippen molar-refractivity contribution in [1.29, 1.82) is 0 Å². The summed E-state index contributed by atoms with van der Waals surface area (Å²) in [5.74, 6) is 0. The molecule has 0 amide bonds. The average molecular weight is 140 g/mol. The molecule has 0 aromatic rings. The summed E-state index contributed by atoms with van der Waals surface area (Å²) in [4.78, 5) is 0. The van der Waals surface area contributed by atoms with Gasteiger partial charge in [0.2, 0.25) is 0 Å². The summed E-state index contributed by atoms with van der Waals surface area (Å²) in [5.41, 5.74) is 4.60. The molecule has 0 spiro atoms. The van der Waals surface area contributed by atoms with Gasteiger partial charge in [-0.15, -0.1) is 0 Å². The van der Waals surface area contributed by atoms with E-state index in [-0.39, 0.29) is 0 Å².